The quantitative estimate of drug-likeness (QED) is 0.518. The summed E-state index contributed by atoms with van der Waals surface area (Å²) < 4.78 is 10.6. The summed E-state index contributed by atoms with van der Waals surface area (Å²) in [4.78, 5) is 0. The van der Waals surface area contributed by atoms with E-state index in [2.05, 4.69) is 0 Å². The summed E-state index contributed by atoms with van der Waals surface area (Å²) in [6.45, 7) is -2.77. The predicted molar refractivity (Wildman–Crippen MR) is 27.4 cm³/mol. The summed E-state index contributed by atoms with van der Waals surface area (Å²) in [6, 6.07) is 0. The molecule has 0 spiro atoms. The second kappa shape index (κ2) is 2.22. The molecule has 1 N–H and O–H groups in total. The minimum Gasteiger partial charge on any atom is -0.392 e. The molecule has 0 aromatic heterocycles. The lowest BCUT2D eigenvalue weighted by atomic mass is 10.9. The predicted octanol–water partition coefficient (Wildman–Crippen LogP) is 1.35. The van der Waals surface area contributed by atoms with Gasteiger partial charge in [-0.1, -0.05) is 34.8 Å². The summed E-state index contributed by atoms with van der Waals surface area (Å²) in [5.41, 5.74) is 0. The SMILES string of the molecule is [2H]C([2H])(O)C(Cl)(Cl)Cl. The minimum absolute atomic E-state index is 2.26. The monoisotopic (exact) mass is 150 g/mol. The molecule has 0 saturated heterocycles. The van der Waals surface area contributed by atoms with Crippen molar-refractivity contribution in [1.82, 2.24) is 0 Å². The van der Waals surface area contributed by atoms with E-state index in [1.54, 1.807) is 0 Å². The second-order valence-corrected chi connectivity index (χ2v) is 2.89. The Kier molecular flexibility index (Phi) is 1.40. The number of hydrogen-bond donors (Lipinski definition) is 1. The van der Waals surface area contributed by atoms with Gasteiger partial charge in [0, 0.05) is 0 Å². The first-order chi connectivity index (χ1) is 3.25. The van der Waals surface area contributed by atoms with Crippen molar-refractivity contribution in [3.05, 3.63) is 0 Å². The van der Waals surface area contributed by atoms with Crippen molar-refractivity contribution in [3.8, 4) is 0 Å². The first-order valence-electron chi connectivity index (χ1n) is 2.04. The van der Waals surface area contributed by atoms with E-state index >= 15 is 0 Å². The molecule has 0 aliphatic carbocycles. The first-order valence-corrected chi connectivity index (χ1v) is 2.17. The van der Waals surface area contributed by atoms with Crippen LogP contribution in [0.4, 0.5) is 0 Å². The van der Waals surface area contributed by atoms with Gasteiger partial charge in [0.2, 0.25) is 3.79 Å². The molecule has 6 heavy (non-hydrogen) atoms. The molecule has 0 radical (unpaired) electrons. The number of rotatable bonds is 0. The maximum absolute atomic E-state index is 8.29. The molecule has 0 heterocycles. The third-order valence-corrected chi connectivity index (χ3v) is 0.380. The van der Waals surface area contributed by atoms with E-state index in [9.17, 15) is 0 Å². The third kappa shape index (κ3) is 4.83. The van der Waals surface area contributed by atoms with E-state index in [0.717, 1.165) is 0 Å². The molecule has 0 aliphatic heterocycles. The summed E-state index contributed by atoms with van der Waals surface area (Å²) in [5, 5.41) is 8.29. The topological polar surface area (TPSA) is 20.2 Å². The van der Waals surface area contributed by atoms with Gasteiger partial charge in [-0.2, -0.15) is 0 Å². The van der Waals surface area contributed by atoms with Crippen LogP contribution in [-0.2, 0) is 0 Å². The van der Waals surface area contributed by atoms with Crippen molar-refractivity contribution in [2.24, 2.45) is 0 Å². The summed E-state index contributed by atoms with van der Waals surface area (Å²) in [6.07, 6.45) is 0. The van der Waals surface area contributed by atoms with Gasteiger partial charge in [-0.25, -0.2) is 0 Å². The Hall–Kier alpha value is 0.830. The van der Waals surface area contributed by atoms with Gasteiger partial charge in [-0.15, -0.1) is 0 Å². The Bertz CT molecular complexity index is 70.3. The van der Waals surface area contributed by atoms with Gasteiger partial charge in [0.15, 0.2) is 0 Å². The highest BCUT2D eigenvalue weighted by Crippen LogP contribution is 2.23. The molecule has 0 bridgehead atoms. The Morgan fingerprint density at radius 3 is 1.83 bits per heavy atom. The maximum Gasteiger partial charge on any atom is 0.213 e. The van der Waals surface area contributed by atoms with E-state index in [1.807, 2.05) is 0 Å². The Balaban J connectivity index is 4.02. The van der Waals surface area contributed by atoms with Crippen LogP contribution in [0.5, 0.6) is 0 Å². The Morgan fingerprint density at radius 2 is 1.83 bits per heavy atom. The van der Waals surface area contributed by atoms with Crippen LogP contribution in [-0.4, -0.2) is 15.5 Å². The van der Waals surface area contributed by atoms with Crippen molar-refractivity contribution >= 4 is 34.8 Å². The van der Waals surface area contributed by atoms with Gasteiger partial charge in [-0.05, 0) is 0 Å². The fourth-order valence-corrected chi connectivity index (χ4v) is 0. The molecule has 0 aliphatic rings. The van der Waals surface area contributed by atoms with Crippen LogP contribution in [0.3, 0.4) is 0 Å². The van der Waals surface area contributed by atoms with Gasteiger partial charge < -0.3 is 5.11 Å². The van der Waals surface area contributed by atoms with Crippen molar-refractivity contribution in [3.63, 3.8) is 0 Å². The maximum atomic E-state index is 8.29. The van der Waals surface area contributed by atoms with Gasteiger partial charge in [0.05, 0.1) is 9.30 Å². The number of alkyl halides is 3. The summed E-state index contributed by atoms with van der Waals surface area (Å²) in [5.74, 6) is 0. The smallest absolute Gasteiger partial charge is 0.213 e. The third-order valence-electron chi connectivity index (χ3n) is 0.127. The highest BCUT2D eigenvalue weighted by molar-refractivity contribution is 6.67. The summed E-state index contributed by atoms with van der Waals surface area (Å²) >= 11 is 14.7. The minimum atomic E-state index is -2.77. The van der Waals surface area contributed by atoms with Gasteiger partial charge in [-0.3, -0.25) is 0 Å². The van der Waals surface area contributed by atoms with E-state index in [1.165, 1.54) is 0 Å². The highest BCUT2D eigenvalue weighted by Gasteiger charge is 2.16. The van der Waals surface area contributed by atoms with E-state index in [-0.39, 0.29) is 0 Å². The Labute approximate surface area is 53.6 Å². The van der Waals surface area contributed by atoms with E-state index in [4.69, 9.17) is 42.7 Å². The van der Waals surface area contributed by atoms with Gasteiger partial charge in [0.25, 0.3) is 0 Å². The second-order valence-electron chi connectivity index (χ2n) is 0.610. The van der Waals surface area contributed by atoms with Crippen LogP contribution in [0.15, 0.2) is 0 Å². The molecule has 0 amide bonds. The molecule has 0 fully saturated rings. The molecule has 38 valence electrons. The fraction of sp³-hybridized carbons (Fsp3) is 1.00. The molecule has 0 atom stereocenters. The first kappa shape index (κ1) is 3.79. The average Bonchev–Trinajstić information content (AvgIpc) is 1.25. The van der Waals surface area contributed by atoms with E-state index < -0.39 is 10.4 Å². The molecule has 0 unspecified atom stereocenters. The van der Waals surface area contributed by atoms with Crippen LogP contribution < -0.4 is 0 Å². The van der Waals surface area contributed by atoms with Crippen LogP contribution in [0.2, 0.25) is 0 Å². The molecular weight excluding hydrogens is 146 g/mol. The average molecular weight is 151 g/mol. The zero-order valence-electron chi connectivity index (χ0n) is 4.58. The summed E-state index contributed by atoms with van der Waals surface area (Å²) in [7, 11) is 0. The van der Waals surface area contributed by atoms with Gasteiger partial charge in [0.1, 0.15) is 0 Å². The lowest BCUT2D eigenvalue weighted by Gasteiger charge is -2.01. The normalized spacial score (nSPS) is 19.3. The molecule has 0 aromatic carbocycles. The van der Waals surface area contributed by atoms with Crippen LogP contribution in [0.25, 0.3) is 0 Å². The van der Waals surface area contributed by atoms with Gasteiger partial charge >= 0.3 is 0 Å². The molecule has 0 saturated carbocycles. The van der Waals surface area contributed by atoms with Crippen LogP contribution in [0, 0.1) is 0 Å². The largest absolute Gasteiger partial charge is 0.392 e. The Morgan fingerprint density at radius 1 is 1.67 bits per heavy atom. The molecule has 4 heteroatoms. The molecule has 0 aromatic rings. The van der Waals surface area contributed by atoms with Crippen molar-refractivity contribution in [1.29, 1.82) is 0 Å². The number of hydrogen-bond acceptors (Lipinski definition) is 1. The standard InChI is InChI=1S/C2H3Cl3O/c3-2(4,5)1-6/h6H,1H2/i1D2. The fourth-order valence-electron chi connectivity index (χ4n) is 0. The zero-order chi connectivity index (χ0) is 7.00. The number of aliphatic hydroxyl groups is 1. The van der Waals surface area contributed by atoms with Crippen molar-refractivity contribution in [2.75, 3.05) is 6.56 Å². The lowest BCUT2D eigenvalue weighted by Crippen LogP contribution is -2.06. The zero-order valence-corrected chi connectivity index (χ0v) is 4.85. The lowest BCUT2D eigenvalue weighted by molar-refractivity contribution is 0.303. The van der Waals surface area contributed by atoms with Crippen LogP contribution >= 0.6 is 34.8 Å². The molecule has 1 nitrogen and oxygen atoms in total. The van der Waals surface area contributed by atoms with Crippen molar-refractivity contribution in [2.45, 2.75) is 3.79 Å². The molecular formula is C2H3Cl3O. The van der Waals surface area contributed by atoms with E-state index in [0.29, 0.717) is 0 Å². The number of halogens is 3. The molecule has 0 rings (SSSR count). The van der Waals surface area contributed by atoms with Crippen molar-refractivity contribution < 1.29 is 7.85 Å². The highest BCUT2D eigenvalue weighted by atomic mass is 35.6. The van der Waals surface area contributed by atoms with Crippen LogP contribution in [0.1, 0.15) is 2.74 Å².